The lowest BCUT2D eigenvalue weighted by molar-refractivity contribution is -0.128. The molecule has 4 heteroatoms. The van der Waals surface area contributed by atoms with Crippen LogP contribution in [0.5, 0.6) is 0 Å². The van der Waals surface area contributed by atoms with Gasteiger partial charge in [0.05, 0.1) is 3.74 Å². The van der Waals surface area contributed by atoms with Gasteiger partial charge in [-0.05, 0) is 0 Å². The third-order valence-electron chi connectivity index (χ3n) is 0.828. The molecule has 0 aromatic carbocycles. The Morgan fingerprint density at radius 3 is 2.11 bits per heavy atom. The summed E-state index contributed by atoms with van der Waals surface area (Å²) in [5, 5.41) is 0. The first-order valence-electron chi connectivity index (χ1n) is 2.52. The average Bonchev–Trinajstić information content (AvgIpc) is 1.63. The molecule has 0 unspecified atom stereocenters. The molecule has 0 aliphatic rings. The molecule has 54 valence electrons. The fourth-order valence-electron chi connectivity index (χ4n) is 0.315. The first kappa shape index (κ1) is 9.43. The molecule has 0 rings (SSSR count). The molecule has 0 bridgehead atoms. The van der Waals surface area contributed by atoms with Gasteiger partial charge >= 0.3 is 0 Å². The Labute approximate surface area is 71.9 Å². The summed E-state index contributed by atoms with van der Waals surface area (Å²) in [6.07, 6.45) is 0.493. The Bertz CT molecular complexity index is 103. The zero-order valence-corrected chi connectivity index (χ0v) is 8.57. The number of halogens is 2. The van der Waals surface area contributed by atoms with Crippen LogP contribution in [-0.2, 0) is 4.79 Å². The first-order chi connectivity index (χ1) is 4.04. The fourth-order valence-corrected chi connectivity index (χ4v) is 0.868. The molecule has 0 heterocycles. The van der Waals surface area contributed by atoms with Crippen LogP contribution in [0, 0.1) is 0 Å². The van der Waals surface area contributed by atoms with E-state index in [2.05, 4.69) is 31.9 Å². The molecule has 0 radical (unpaired) electrons. The summed E-state index contributed by atoms with van der Waals surface area (Å²) in [4.78, 5) is 12.4. The molecule has 0 spiro atoms. The highest BCUT2D eigenvalue weighted by Crippen LogP contribution is 2.12. The quantitative estimate of drug-likeness (QED) is 0.689. The van der Waals surface area contributed by atoms with E-state index in [1.807, 2.05) is 0 Å². The van der Waals surface area contributed by atoms with Gasteiger partial charge in [-0.3, -0.25) is 4.79 Å². The summed E-state index contributed by atoms with van der Waals surface area (Å²) in [6.45, 7) is 0. The highest BCUT2D eigenvalue weighted by atomic mass is 79.9. The van der Waals surface area contributed by atoms with Crippen LogP contribution in [0.2, 0.25) is 0 Å². The molecule has 0 saturated carbocycles. The van der Waals surface area contributed by atoms with E-state index < -0.39 is 0 Å². The third-order valence-corrected chi connectivity index (χ3v) is 1.48. The van der Waals surface area contributed by atoms with E-state index >= 15 is 0 Å². The topological polar surface area (TPSA) is 20.3 Å². The predicted molar refractivity (Wildman–Crippen MR) is 45.0 cm³/mol. The molecule has 0 fully saturated rings. The van der Waals surface area contributed by atoms with Crippen LogP contribution in [-0.4, -0.2) is 28.6 Å². The van der Waals surface area contributed by atoms with Crippen LogP contribution in [0.3, 0.4) is 0 Å². The average molecular weight is 259 g/mol. The van der Waals surface area contributed by atoms with Crippen molar-refractivity contribution in [2.24, 2.45) is 0 Å². The van der Waals surface area contributed by atoms with Gasteiger partial charge < -0.3 is 4.90 Å². The first-order valence-corrected chi connectivity index (χ1v) is 4.35. The molecular weight excluding hydrogens is 250 g/mol. The van der Waals surface area contributed by atoms with Crippen LogP contribution in [0.1, 0.15) is 6.42 Å². The lowest BCUT2D eigenvalue weighted by atomic mass is 10.4. The Hall–Kier alpha value is 0.430. The predicted octanol–water partition coefficient (Wildman–Crippen LogP) is 1.58. The smallest absolute Gasteiger partial charge is 0.224 e. The van der Waals surface area contributed by atoms with Gasteiger partial charge in [0.1, 0.15) is 0 Å². The van der Waals surface area contributed by atoms with E-state index in [0.29, 0.717) is 6.42 Å². The summed E-state index contributed by atoms with van der Waals surface area (Å²) in [6, 6.07) is 0. The summed E-state index contributed by atoms with van der Waals surface area (Å²) >= 11 is 6.42. The van der Waals surface area contributed by atoms with Crippen molar-refractivity contribution in [2.45, 2.75) is 10.2 Å². The number of amides is 1. The number of carbonyl (C=O) groups is 1. The number of hydrogen-bond acceptors (Lipinski definition) is 1. The Kier molecular flexibility index (Phi) is 4.48. The summed E-state index contributed by atoms with van der Waals surface area (Å²) in [7, 11) is 3.48. The molecular formula is C5H9Br2NO. The van der Waals surface area contributed by atoms with E-state index in [0.717, 1.165) is 0 Å². The Balaban J connectivity index is 3.51. The number of carbonyl (C=O) groups excluding carboxylic acids is 1. The van der Waals surface area contributed by atoms with Crippen molar-refractivity contribution >= 4 is 37.8 Å². The minimum atomic E-state index is 0.0971. The van der Waals surface area contributed by atoms with E-state index in [9.17, 15) is 4.79 Å². The Morgan fingerprint density at radius 2 is 2.00 bits per heavy atom. The number of nitrogens with zero attached hydrogens (tertiary/aromatic N) is 1. The minimum Gasteiger partial charge on any atom is -0.349 e. The van der Waals surface area contributed by atoms with Gasteiger partial charge in [0.2, 0.25) is 5.91 Å². The third kappa shape index (κ3) is 4.90. The van der Waals surface area contributed by atoms with Gasteiger partial charge in [-0.25, -0.2) is 0 Å². The molecule has 0 aromatic rings. The second-order valence-corrected chi connectivity index (χ2v) is 5.32. The summed E-state index contributed by atoms with van der Waals surface area (Å²) in [5.74, 6) is 0.119. The van der Waals surface area contributed by atoms with Gasteiger partial charge in [0.25, 0.3) is 0 Å². The van der Waals surface area contributed by atoms with Crippen LogP contribution < -0.4 is 0 Å². The summed E-state index contributed by atoms with van der Waals surface area (Å²) < 4.78 is 0.0971. The highest BCUT2D eigenvalue weighted by molar-refractivity contribution is 9.24. The maximum absolute atomic E-state index is 10.8. The molecule has 0 aromatic heterocycles. The number of hydrogen-bond donors (Lipinski definition) is 0. The largest absolute Gasteiger partial charge is 0.349 e. The van der Waals surface area contributed by atoms with Crippen LogP contribution in [0.25, 0.3) is 0 Å². The summed E-state index contributed by atoms with van der Waals surface area (Å²) in [5.41, 5.74) is 0. The van der Waals surface area contributed by atoms with Gasteiger partial charge in [-0.2, -0.15) is 0 Å². The maximum atomic E-state index is 10.8. The molecule has 0 N–H and O–H groups in total. The zero-order chi connectivity index (χ0) is 7.44. The van der Waals surface area contributed by atoms with E-state index in [4.69, 9.17) is 0 Å². The number of rotatable bonds is 2. The molecule has 0 atom stereocenters. The standard InChI is InChI=1S/C5H9Br2NO/c1-8(2)5(9)3-4(6)7/h4H,3H2,1-2H3. The monoisotopic (exact) mass is 257 g/mol. The Morgan fingerprint density at radius 1 is 1.56 bits per heavy atom. The minimum absolute atomic E-state index is 0.0971. The van der Waals surface area contributed by atoms with Crippen molar-refractivity contribution in [3.63, 3.8) is 0 Å². The normalized spacial score (nSPS) is 9.89. The molecule has 0 saturated heterocycles. The number of alkyl halides is 2. The van der Waals surface area contributed by atoms with Gasteiger partial charge in [0.15, 0.2) is 0 Å². The van der Waals surface area contributed by atoms with E-state index in [1.165, 1.54) is 0 Å². The second kappa shape index (κ2) is 4.28. The lowest BCUT2D eigenvalue weighted by Crippen LogP contribution is -2.22. The van der Waals surface area contributed by atoms with Crippen molar-refractivity contribution in [3.8, 4) is 0 Å². The van der Waals surface area contributed by atoms with Gasteiger partial charge in [-0.15, -0.1) is 0 Å². The van der Waals surface area contributed by atoms with Gasteiger partial charge in [0, 0.05) is 20.5 Å². The van der Waals surface area contributed by atoms with Crippen LogP contribution in [0.15, 0.2) is 0 Å². The van der Waals surface area contributed by atoms with Crippen molar-refractivity contribution in [2.75, 3.05) is 14.1 Å². The molecule has 0 aliphatic heterocycles. The lowest BCUT2D eigenvalue weighted by Gasteiger charge is -2.09. The SMILES string of the molecule is CN(C)C(=O)CC(Br)Br. The maximum Gasteiger partial charge on any atom is 0.224 e. The van der Waals surface area contributed by atoms with Crippen molar-refractivity contribution < 1.29 is 4.79 Å². The van der Waals surface area contributed by atoms with Crippen LogP contribution in [0.4, 0.5) is 0 Å². The molecule has 2 nitrogen and oxygen atoms in total. The highest BCUT2D eigenvalue weighted by Gasteiger charge is 2.07. The van der Waals surface area contributed by atoms with Gasteiger partial charge in [-0.1, -0.05) is 31.9 Å². The van der Waals surface area contributed by atoms with Crippen molar-refractivity contribution in [3.05, 3.63) is 0 Å². The molecule has 9 heavy (non-hydrogen) atoms. The van der Waals surface area contributed by atoms with E-state index in [-0.39, 0.29) is 9.64 Å². The molecule has 1 amide bonds. The second-order valence-electron chi connectivity index (χ2n) is 1.88. The van der Waals surface area contributed by atoms with Crippen molar-refractivity contribution in [1.29, 1.82) is 0 Å². The fraction of sp³-hybridized carbons (Fsp3) is 0.800. The van der Waals surface area contributed by atoms with E-state index in [1.54, 1.807) is 19.0 Å². The van der Waals surface area contributed by atoms with Crippen LogP contribution >= 0.6 is 31.9 Å². The zero-order valence-electron chi connectivity index (χ0n) is 5.40. The molecule has 0 aliphatic carbocycles. The van der Waals surface area contributed by atoms with Crippen molar-refractivity contribution in [1.82, 2.24) is 4.90 Å².